The Morgan fingerprint density at radius 1 is 1.16 bits per heavy atom. The third kappa shape index (κ3) is 2.88. The summed E-state index contributed by atoms with van der Waals surface area (Å²) in [5.74, 6) is -0.644. The van der Waals surface area contributed by atoms with E-state index in [1.165, 1.54) is 17.0 Å². The zero-order valence-electron chi connectivity index (χ0n) is 14.6. The molecule has 0 unspecified atom stereocenters. The molecule has 1 amide bonds. The number of aryl methyl sites for hydroxylation is 1. The zero-order chi connectivity index (χ0) is 18.3. The molecule has 0 radical (unpaired) electrons. The number of carbonyl (C=O) groups is 1. The summed E-state index contributed by atoms with van der Waals surface area (Å²) in [5.41, 5.74) is 2.05. The number of anilines is 1. The average molecular weight is 340 g/mol. The number of nitrogens with zero attached hydrogens (tertiary/aromatic N) is 4. The number of phenolic OH excluding ortho intramolecular Hbond substituents is 2. The van der Waals surface area contributed by atoms with Crippen LogP contribution >= 0.6 is 0 Å². The molecule has 0 atom stereocenters. The Hall–Kier alpha value is -3.09. The number of carbonyl (C=O) groups excluding carboxylic acids is 1. The molecular formula is C18H20N4O3. The molecule has 25 heavy (non-hydrogen) atoms. The molecule has 0 fully saturated rings. The Balaban J connectivity index is 2.00. The molecule has 1 aromatic carbocycles. The highest BCUT2D eigenvalue weighted by molar-refractivity contribution is 6.08. The quantitative estimate of drug-likeness (QED) is 0.765. The first kappa shape index (κ1) is 16.8. The summed E-state index contributed by atoms with van der Waals surface area (Å²) in [6.07, 6.45) is 3.27. The topological polar surface area (TPSA) is 91.5 Å². The number of hydrogen-bond acceptors (Lipinski definition) is 5. The van der Waals surface area contributed by atoms with E-state index >= 15 is 0 Å². The Labute approximate surface area is 145 Å². The van der Waals surface area contributed by atoms with E-state index in [1.807, 2.05) is 19.9 Å². The summed E-state index contributed by atoms with van der Waals surface area (Å²) in [5, 5.41) is 25.0. The number of rotatable bonds is 3. The first-order chi connectivity index (χ1) is 11.8. The van der Waals surface area contributed by atoms with Crippen LogP contribution in [0, 0.1) is 0 Å². The van der Waals surface area contributed by atoms with Crippen LogP contribution in [0.25, 0.3) is 11.0 Å². The molecule has 0 saturated carbocycles. The number of fused-ring (bicyclic) bond motifs is 1. The highest BCUT2D eigenvalue weighted by atomic mass is 16.3. The third-order valence-corrected chi connectivity index (χ3v) is 4.25. The fraction of sp³-hybridized carbons (Fsp3) is 0.278. The number of aromatic nitrogens is 3. The largest absolute Gasteiger partial charge is 0.508 e. The molecule has 3 rings (SSSR count). The van der Waals surface area contributed by atoms with Crippen molar-refractivity contribution in [3.8, 4) is 11.5 Å². The summed E-state index contributed by atoms with van der Waals surface area (Å²) in [6, 6.07) is 4.55. The molecule has 0 aliphatic heterocycles. The van der Waals surface area contributed by atoms with Crippen LogP contribution in [0.2, 0.25) is 0 Å². The molecule has 0 spiro atoms. The van der Waals surface area contributed by atoms with Crippen LogP contribution < -0.4 is 4.90 Å². The van der Waals surface area contributed by atoms with Crippen LogP contribution in [0.5, 0.6) is 11.5 Å². The van der Waals surface area contributed by atoms with Crippen LogP contribution in [0.1, 0.15) is 35.7 Å². The number of hydrogen-bond donors (Lipinski definition) is 2. The second-order valence-electron chi connectivity index (χ2n) is 6.32. The number of phenols is 2. The summed E-state index contributed by atoms with van der Waals surface area (Å²) in [6.45, 7) is 3.81. The number of benzene rings is 1. The lowest BCUT2D eigenvalue weighted by Gasteiger charge is -2.19. The molecular weight excluding hydrogens is 320 g/mol. The standard InChI is InChI=1S/C18H20N4O3/c1-10(2)13-6-14(16(24)7-15(13)23)18(25)21(3)12-5-11-8-20-22(4)17(11)19-9-12/h5-10,23-24H,1-4H3. The molecule has 130 valence electrons. The van der Waals surface area contributed by atoms with Crippen LogP contribution in [0.4, 0.5) is 5.69 Å². The zero-order valence-corrected chi connectivity index (χ0v) is 14.6. The first-order valence-electron chi connectivity index (χ1n) is 7.91. The smallest absolute Gasteiger partial charge is 0.261 e. The fourth-order valence-corrected chi connectivity index (χ4v) is 2.74. The van der Waals surface area contributed by atoms with Gasteiger partial charge in [0.05, 0.1) is 23.6 Å². The van der Waals surface area contributed by atoms with Crippen molar-refractivity contribution in [3.63, 3.8) is 0 Å². The average Bonchev–Trinajstić information content (AvgIpc) is 2.94. The van der Waals surface area contributed by atoms with Crippen molar-refractivity contribution in [1.82, 2.24) is 14.8 Å². The monoisotopic (exact) mass is 340 g/mol. The van der Waals surface area contributed by atoms with Gasteiger partial charge in [0.2, 0.25) is 0 Å². The van der Waals surface area contributed by atoms with Gasteiger partial charge in [-0.05, 0) is 23.6 Å². The molecule has 7 heteroatoms. The number of aromatic hydroxyl groups is 2. The Bertz CT molecular complexity index is 962. The molecule has 2 heterocycles. The van der Waals surface area contributed by atoms with E-state index < -0.39 is 0 Å². The van der Waals surface area contributed by atoms with Gasteiger partial charge in [-0.1, -0.05) is 13.8 Å². The molecule has 2 N–H and O–H groups in total. The highest BCUT2D eigenvalue weighted by Crippen LogP contribution is 2.33. The van der Waals surface area contributed by atoms with Crippen molar-refractivity contribution >= 4 is 22.6 Å². The molecule has 2 aromatic heterocycles. The van der Waals surface area contributed by atoms with Crippen LogP contribution in [-0.4, -0.2) is 37.9 Å². The van der Waals surface area contributed by atoms with E-state index in [1.54, 1.807) is 31.2 Å². The van der Waals surface area contributed by atoms with E-state index in [0.29, 0.717) is 11.3 Å². The van der Waals surface area contributed by atoms with Gasteiger partial charge in [0.25, 0.3) is 5.91 Å². The summed E-state index contributed by atoms with van der Waals surface area (Å²) < 4.78 is 1.65. The lowest BCUT2D eigenvalue weighted by molar-refractivity contribution is 0.0990. The van der Waals surface area contributed by atoms with Crippen molar-refractivity contribution in [2.45, 2.75) is 19.8 Å². The van der Waals surface area contributed by atoms with Gasteiger partial charge in [-0.2, -0.15) is 5.10 Å². The predicted molar refractivity (Wildman–Crippen MR) is 95.1 cm³/mol. The second kappa shape index (κ2) is 6.08. The van der Waals surface area contributed by atoms with Crippen molar-refractivity contribution in [3.05, 3.63) is 41.7 Å². The Kier molecular flexibility index (Phi) is 4.08. The molecule has 0 aliphatic rings. The Morgan fingerprint density at radius 3 is 2.56 bits per heavy atom. The highest BCUT2D eigenvalue weighted by Gasteiger charge is 2.21. The lowest BCUT2D eigenvalue weighted by Crippen LogP contribution is -2.26. The summed E-state index contributed by atoms with van der Waals surface area (Å²) in [7, 11) is 3.41. The van der Waals surface area contributed by atoms with E-state index in [4.69, 9.17) is 0 Å². The van der Waals surface area contributed by atoms with Gasteiger partial charge in [-0.3, -0.25) is 9.48 Å². The minimum absolute atomic E-state index is 0.0193. The van der Waals surface area contributed by atoms with Gasteiger partial charge in [-0.15, -0.1) is 0 Å². The molecule has 7 nitrogen and oxygen atoms in total. The summed E-state index contributed by atoms with van der Waals surface area (Å²) in [4.78, 5) is 18.6. The SMILES string of the molecule is CC(C)c1cc(C(=O)N(C)c2cnc3c(cnn3C)c2)c(O)cc1O. The van der Waals surface area contributed by atoms with Crippen LogP contribution in [-0.2, 0) is 7.05 Å². The molecule has 0 aliphatic carbocycles. The summed E-state index contributed by atoms with van der Waals surface area (Å²) >= 11 is 0. The maximum atomic E-state index is 12.8. The van der Waals surface area contributed by atoms with Crippen molar-refractivity contribution in [2.75, 3.05) is 11.9 Å². The van der Waals surface area contributed by atoms with Crippen LogP contribution in [0.15, 0.2) is 30.6 Å². The maximum absolute atomic E-state index is 12.8. The predicted octanol–water partition coefficient (Wildman–Crippen LogP) is 2.78. The van der Waals surface area contributed by atoms with Crippen molar-refractivity contribution in [1.29, 1.82) is 0 Å². The van der Waals surface area contributed by atoms with Crippen molar-refractivity contribution in [2.24, 2.45) is 7.05 Å². The Morgan fingerprint density at radius 2 is 1.88 bits per heavy atom. The van der Waals surface area contributed by atoms with E-state index in [-0.39, 0.29) is 28.9 Å². The maximum Gasteiger partial charge on any atom is 0.261 e. The van der Waals surface area contributed by atoms with E-state index in [0.717, 1.165) is 11.0 Å². The first-order valence-corrected chi connectivity index (χ1v) is 7.91. The second-order valence-corrected chi connectivity index (χ2v) is 6.32. The van der Waals surface area contributed by atoms with Crippen molar-refractivity contribution < 1.29 is 15.0 Å². The van der Waals surface area contributed by atoms with E-state index in [2.05, 4.69) is 10.1 Å². The molecule has 0 saturated heterocycles. The van der Waals surface area contributed by atoms with Gasteiger partial charge in [0.15, 0.2) is 5.65 Å². The number of pyridine rings is 1. The lowest BCUT2D eigenvalue weighted by atomic mass is 9.98. The van der Waals surface area contributed by atoms with Crippen LogP contribution in [0.3, 0.4) is 0 Å². The van der Waals surface area contributed by atoms with Gasteiger partial charge >= 0.3 is 0 Å². The minimum Gasteiger partial charge on any atom is -0.508 e. The molecule has 0 bridgehead atoms. The van der Waals surface area contributed by atoms with Gasteiger partial charge in [-0.25, -0.2) is 4.98 Å². The normalized spacial score (nSPS) is 11.2. The fourth-order valence-electron chi connectivity index (χ4n) is 2.74. The third-order valence-electron chi connectivity index (χ3n) is 4.25. The minimum atomic E-state index is -0.385. The van der Waals surface area contributed by atoms with Gasteiger partial charge < -0.3 is 15.1 Å². The molecule has 3 aromatic rings. The van der Waals surface area contributed by atoms with E-state index in [9.17, 15) is 15.0 Å². The number of amides is 1. The van der Waals surface area contributed by atoms with Gasteiger partial charge in [0, 0.05) is 25.5 Å². The van der Waals surface area contributed by atoms with Gasteiger partial charge in [0.1, 0.15) is 11.5 Å².